The molecule has 3 nitrogen and oxygen atoms in total. The molecule has 1 heterocycles. The van der Waals surface area contributed by atoms with E-state index in [0.717, 1.165) is 17.2 Å². The minimum absolute atomic E-state index is 0.167. The molecule has 88 valence electrons. The summed E-state index contributed by atoms with van der Waals surface area (Å²) in [6.07, 6.45) is 0. The summed E-state index contributed by atoms with van der Waals surface area (Å²) in [5, 5.41) is 10.7. The standard InChI is InChI=1S/C12H11NO2S2/c14-12(15)11-13-10(8-17-11)7-16-6-9-4-2-1-3-5-9/h1-5,8H,6-7H2,(H,14,15). The lowest BCUT2D eigenvalue weighted by molar-refractivity contribution is 0.0696. The first kappa shape index (κ1) is 12.1. The van der Waals surface area contributed by atoms with Crippen LogP contribution < -0.4 is 0 Å². The van der Waals surface area contributed by atoms with Crippen molar-refractivity contribution in [1.82, 2.24) is 4.98 Å². The van der Waals surface area contributed by atoms with E-state index >= 15 is 0 Å². The molecule has 1 aromatic carbocycles. The van der Waals surface area contributed by atoms with Gasteiger partial charge in [0.2, 0.25) is 5.01 Å². The van der Waals surface area contributed by atoms with Gasteiger partial charge in [0.25, 0.3) is 0 Å². The zero-order valence-electron chi connectivity index (χ0n) is 9.00. The predicted molar refractivity (Wildman–Crippen MR) is 70.5 cm³/mol. The van der Waals surface area contributed by atoms with Crippen LogP contribution in [0.4, 0.5) is 0 Å². The van der Waals surface area contributed by atoms with E-state index in [0.29, 0.717) is 0 Å². The predicted octanol–water partition coefficient (Wildman–Crippen LogP) is 3.27. The van der Waals surface area contributed by atoms with Crippen molar-refractivity contribution in [3.8, 4) is 0 Å². The number of nitrogens with zero attached hydrogens (tertiary/aromatic N) is 1. The Bertz CT molecular complexity index is 496. The monoisotopic (exact) mass is 265 g/mol. The number of aromatic nitrogens is 1. The second-order valence-electron chi connectivity index (χ2n) is 3.43. The molecule has 0 aliphatic heterocycles. The Morgan fingerprint density at radius 2 is 2.06 bits per heavy atom. The summed E-state index contributed by atoms with van der Waals surface area (Å²) in [4.78, 5) is 14.7. The molecule has 0 unspecified atom stereocenters. The molecule has 2 aromatic rings. The molecule has 2 rings (SSSR count). The minimum Gasteiger partial charge on any atom is -0.476 e. The highest BCUT2D eigenvalue weighted by atomic mass is 32.2. The molecule has 17 heavy (non-hydrogen) atoms. The molecule has 0 atom stereocenters. The second-order valence-corrected chi connectivity index (χ2v) is 5.27. The second kappa shape index (κ2) is 5.84. The summed E-state index contributed by atoms with van der Waals surface area (Å²) in [6, 6.07) is 10.2. The van der Waals surface area contributed by atoms with Crippen LogP contribution in [0, 0.1) is 0 Å². The molecule has 0 amide bonds. The van der Waals surface area contributed by atoms with Crippen molar-refractivity contribution in [1.29, 1.82) is 0 Å². The molecule has 0 saturated carbocycles. The summed E-state index contributed by atoms with van der Waals surface area (Å²) in [7, 11) is 0. The van der Waals surface area contributed by atoms with Crippen molar-refractivity contribution in [2.24, 2.45) is 0 Å². The zero-order chi connectivity index (χ0) is 12.1. The molecular formula is C12H11NO2S2. The smallest absolute Gasteiger partial charge is 0.365 e. The highest BCUT2D eigenvalue weighted by Gasteiger charge is 2.08. The Morgan fingerprint density at radius 1 is 1.29 bits per heavy atom. The number of carboxylic acids is 1. The summed E-state index contributed by atoms with van der Waals surface area (Å²) in [6.45, 7) is 0. The van der Waals surface area contributed by atoms with Crippen LogP contribution in [-0.4, -0.2) is 16.1 Å². The Balaban J connectivity index is 1.84. The van der Waals surface area contributed by atoms with E-state index in [4.69, 9.17) is 5.11 Å². The van der Waals surface area contributed by atoms with E-state index in [1.165, 1.54) is 16.9 Å². The van der Waals surface area contributed by atoms with E-state index in [2.05, 4.69) is 17.1 Å². The molecule has 0 fully saturated rings. The van der Waals surface area contributed by atoms with Crippen molar-refractivity contribution in [3.05, 3.63) is 52.0 Å². The Morgan fingerprint density at radius 3 is 2.71 bits per heavy atom. The number of thiazole rings is 1. The van der Waals surface area contributed by atoms with Crippen molar-refractivity contribution in [3.63, 3.8) is 0 Å². The number of aromatic carboxylic acids is 1. The SMILES string of the molecule is O=C(O)c1nc(CSCc2ccccc2)cs1. The molecule has 0 radical (unpaired) electrons. The zero-order valence-corrected chi connectivity index (χ0v) is 10.6. The molecule has 0 aliphatic rings. The van der Waals surface area contributed by atoms with Gasteiger partial charge in [0.1, 0.15) is 0 Å². The van der Waals surface area contributed by atoms with Gasteiger partial charge in [-0.1, -0.05) is 30.3 Å². The molecule has 0 aliphatic carbocycles. The Kier molecular flexibility index (Phi) is 4.17. The van der Waals surface area contributed by atoms with Crippen LogP contribution in [0.5, 0.6) is 0 Å². The third-order valence-corrected chi connectivity index (χ3v) is 4.01. The van der Waals surface area contributed by atoms with E-state index in [-0.39, 0.29) is 5.01 Å². The van der Waals surface area contributed by atoms with Gasteiger partial charge in [-0.05, 0) is 5.56 Å². The van der Waals surface area contributed by atoms with Gasteiger partial charge in [0.15, 0.2) is 0 Å². The highest BCUT2D eigenvalue weighted by Crippen LogP contribution is 2.19. The summed E-state index contributed by atoms with van der Waals surface area (Å²) < 4.78 is 0. The van der Waals surface area contributed by atoms with Gasteiger partial charge in [-0.25, -0.2) is 9.78 Å². The van der Waals surface area contributed by atoms with Crippen molar-refractivity contribution in [2.75, 3.05) is 0 Å². The number of carbonyl (C=O) groups is 1. The fourth-order valence-corrected chi connectivity index (χ4v) is 2.97. The van der Waals surface area contributed by atoms with Gasteiger partial charge in [0, 0.05) is 16.9 Å². The largest absolute Gasteiger partial charge is 0.476 e. The van der Waals surface area contributed by atoms with Gasteiger partial charge in [-0.3, -0.25) is 0 Å². The molecular weight excluding hydrogens is 254 g/mol. The first-order chi connectivity index (χ1) is 8.25. The average Bonchev–Trinajstić information content (AvgIpc) is 2.79. The highest BCUT2D eigenvalue weighted by molar-refractivity contribution is 7.97. The van der Waals surface area contributed by atoms with Crippen LogP contribution in [-0.2, 0) is 11.5 Å². The third kappa shape index (κ3) is 3.57. The number of hydrogen-bond donors (Lipinski definition) is 1. The summed E-state index contributed by atoms with van der Waals surface area (Å²) >= 11 is 2.92. The summed E-state index contributed by atoms with van der Waals surface area (Å²) in [5.41, 5.74) is 2.11. The van der Waals surface area contributed by atoms with Crippen LogP contribution in [0.15, 0.2) is 35.7 Å². The number of thioether (sulfide) groups is 1. The Labute approximate surface area is 108 Å². The van der Waals surface area contributed by atoms with Gasteiger partial charge in [-0.15, -0.1) is 11.3 Å². The van der Waals surface area contributed by atoms with Crippen LogP contribution in [0.2, 0.25) is 0 Å². The first-order valence-corrected chi connectivity index (χ1v) is 7.08. The lowest BCUT2D eigenvalue weighted by Gasteiger charge is -1.99. The van der Waals surface area contributed by atoms with Crippen LogP contribution >= 0.6 is 23.1 Å². The van der Waals surface area contributed by atoms with Gasteiger partial charge < -0.3 is 5.11 Å². The quantitative estimate of drug-likeness (QED) is 0.901. The number of carboxylic acid groups (broad SMARTS) is 1. The Hall–Kier alpha value is -1.33. The average molecular weight is 265 g/mol. The molecule has 0 saturated heterocycles. The van der Waals surface area contributed by atoms with Crippen LogP contribution in [0.3, 0.4) is 0 Å². The lowest BCUT2D eigenvalue weighted by atomic mass is 10.2. The number of rotatable bonds is 5. The fraction of sp³-hybridized carbons (Fsp3) is 0.167. The molecule has 1 N–H and O–H groups in total. The maximum Gasteiger partial charge on any atom is 0.365 e. The first-order valence-electron chi connectivity index (χ1n) is 5.05. The fourth-order valence-electron chi connectivity index (χ4n) is 1.32. The van der Waals surface area contributed by atoms with Crippen LogP contribution in [0.1, 0.15) is 21.1 Å². The minimum atomic E-state index is -0.950. The topological polar surface area (TPSA) is 50.2 Å². The van der Waals surface area contributed by atoms with Gasteiger partial charge in [0.05, 0.1) is 5.69 Å². The van der Waals surface area contributed by atoms with Crippen molar-refractivity contribution >= 4 is 29.1 Å². The number of hydrogen-bond acceptors (Lipinski definition) is 4. The van der Waals surface area contributed by atoms with E-state index in [1.54, 1.807) is 17.1 Å². The summed E-state index contributed by atoms with van der Waals surface area (Å²) in [5.74, 6) is 0.716. The van der Waals surface area contributed by atoms with Crippen molar-refractivity contribution < 1.29 is 9.90 Å². The molecule has 1 aromatic heterocycles. The van der Waals surface area contributed by atoms with Crippen molar-refractivity contribution in [2.45, 2.75) is 11.5 Å². The normalized spacial score (nSPS) is 10.4. The third-order valence-electron chi connectivity index (χ3n) is 2.10. The maximum atomic E-state index is 10.7. The maximum absolute atomic E-state index is 10.7. The molecule has 5 heteroatoms. The number of benzene rings is 1. The van der Waals surface area contributed by atoms with E-state index < -0.39 is 5.97 Å². The molecule has 0 spiro atoms. The van der Waals surface area contributed by atoms with Gasteiger partial charge >= 0.3 is 5.97 Å². The molecule has 0 bridgehead atoms. The van der Waals surface area contributed by atoms with Gasteiger partial charge in [-0.2, -0.15) is 11.8 Å². The van der Waals surface area contributed by atoms with Crippen LogP contribution in [0.25, 0.3) is 0 Å². The lowest BCUT2D eigenvalue weighted by Crippen LogP contribution is -1.95. The van der Waals surface area contributed by atoms with E-state index in [9.17, 15) is 4.79 Å². The van der Waals surface area contributed by atoms with E-state index in [1.807, 2.05) is 18.2 Å².